The molecule has 1 amide bonds. The fourth-order valence-electron chi connectivity index (χ4n) is 1.95. The Kier molecular flexibility index (Phi) is 3.57. The fourth-order valence-corrected chi connectivity index (χ4v) is 2.86. The second-order valence-corrected chi connectivity index (χ2v) is 6.31. The van der Waals surface area contributed by atoms with E-state index in [4.69, 9.17) is 0 Å². The van der Waals surface area contributed by atoms with Crippen molar-refractivity contribution in [2.75, 3.05) is 11.6 Å². The molecule has 0 radical (unpaired) electrons. The van der Waals surface area contributed by atoms with Crippen molar-refractivity contribution in [2.24, 2.45) is 0 Å². The van der Waals surface area contributed by atoms with Crippen molar-refractivity contribution < 1.29 is 13.2 Å². The largest absolute Gasteiger partial charge is 0.326 e. The summed E-state index contributed by atoms with van der Waals surface area (Å²) in [6.45, 7) is 1.77. The molecule has 0 aliphatic heterocycles. The summed E-state index contributed by atoms with van der Waals surface area (Å²) in [5.41, 5.74) is 0.634. The van der Waals surface area contributed by atoms with E-state index in [9.17, 15) is 13.2 Å². The van der Waals surface area contributed by atoms with E-state index in [0.29, 0.717) is 17.5 Å². The molecule has 2 aromatic carbocycles. The third-order valence-electron chi connectivity index (χ3n) is 2.88. The summed E-state index contributed by atoms with van der Waals surface area (Å²) in [5.74, 6) is -0.0998. The highest BCUT2D eigenvalue weighted by Crippen LogP contribution is 2.28. The van der Waals surface area contributed by atoms with Crippen molar-refractivity contribution in [3.63, 3.8) is 0 Å². The lowest BCUT2D eigenvalue weighted by Crippen LogP contribution is -2.10. The SMILES string of the molecule is CCC(=O)Nc1cccc2c(S(C)(=O)=O)cccc12. The minimum atomic E-state index is -3.29. The summed E-state index contributed by atoms with van der Waals surface area (Å²) in [4.78, 5) is 11.8. The molecule has 2 rings (SSSR count). The van der Waals surface area contributed by atoms with Crippen molar-refractivity contribution in [3.8, 4) is 0 Å². The second kappa shape index (κ2) is 5.01. The van der Waals surface area contributed by atoms with E-state index in [-0.39, 0.29) is 10.8 Å². The number of benzene rings is 2. The molecule has 0 atom stereocenters. The molecule has 0 saturated heterocycles. The normalized spacial score (nSPS) is 11.5. The summed E-state index contributed by atoms with van der Waals surface area (Å²) in [7, 11) is -3.29. The highest BCUT2D eigenvalue weighted by atomic mass is 32.2. The van der Waals surface area contributed by atoms with Gasteiger partial charge in [0.25, 0.3) is 0 Å². The van der Waals surface area contributed by atoms with Crippen LogP contribution in [-0.2, 0) is 14.6 Å². The van der Waals surface area contributed by atoms with Gasteiger partial charge in [-0.2, -0.15) is 0 Å². The molecule has 100 valence electrons. The van der Waals surface area contributed by atoms with Crippen LogP contribution >= 0.6 is 0 Å². The van der Waals surface area contributed by atoms with E-state index in [2.05, 4.69) is 5.32 Å². The Morgan fingerprint density at radius 1 is 1.11 bits per heavy atom. The Morgan fingerprint density at radius 3 is 2.37 bits per heavy atom. The lowest BCUT2D eigenvalue weighted by atomic mass is 10.1. The molecule has 0 heterocycles. The van der Waals surface area contributed by atoms with Crippen LogP contribution in [0.15, 0.2) is 41.3 Å². The fraction of sp³-hybridized carbons (Fsp3) is 0.214. The topological polar surface area (TPSA) is 63.2 Å². The van der Waals surface area contributed by atoms with Gasteiger partial charge < -0.3 is 5.32 Å². The van der Waals surface area contributed by atoms with Crippen LogP contribution in [0.5, 0.6) is 0 Å². The van der Waals surface area contributed by atoms with Crippen molar-refractivity contribution in [3.05, 3.63) is 36.4 Å². The maximum atomic E-state index is 11.7. The first kappa shape index (κ1) is 13.5. The molecule has 0 unspecified atom stereocenters. The van der Waals surface area contributed by atoms with Crippen molar-refractivity contribution in [2.45, 2.75) is 18.2 Å². The van der Waals surface area contributed by atoms with Gasteiger partial charge in [-0.3, -0.25) is 4.79 Å². The van der Waals surface area contributed by atoms with Gasteiger partial charge in [0.05, 0.1) is 4.90 Å². The van der Waals surface area contributed by atoms with Gasteiger partial charge in [0.15, 0.2) is 9.84 Å². The van der Waals surface area contributed by atoms with E-state index < -0.39 is 9.84 Å². The molecule has 4 nitrogen and oxygen atoms in total. The first-order chi connectivity index (χ1) is 8.93. The van der Waals surface area contributed by atoms with E-state index in [1.807, 2.05) is 0 Å². The van der Waals surface area contributed by atoms with Crippen LogP contribution in [-0.4, -0.2) is 20.6 Å². The van der Waals surface area contributed by atoms with Gasteiger partial charge in [-0.05, 0) is 12.1 Å². The van der Waals surface area contributed by atoms with Crippen LogP contribution < -0.4 is 5.32 Å². The zero-order valence-electron chi connectivity index (χ0n) is 10.8. The number of amides is 1. The van der Waals surface area contributed by atoms with E-state index >= 15 is 0 Å². The molecule has 0 aliphatic rings. The molecule has 0 fully saturated rings. The molecule has 1 N–H and O–H groups in total. The molecule has 5 heteroatoms. The Balaban J connectivity index is 2.68. The third kappa shape index (κ3) is 2.76. The second-order valence-electron chi connectivity index (χ2n) is 4.33. The molecule has 0 bridgehead atoms. The minimum Gasteiger partial charge on any atom is -0.326 e. The van der Waals surface area contributed by atoms with Crippen molar-refractivity contribution in [1.29, 1.82) is 0 Å². The first-order valence-corrected chi connectivity index (χ1v) is 7.84. The smallest absolute Gasteiger partial charge is 0.224 e. The Morgan fingerprint density at radius 2 is 1.74 bits per heavy atom. The van der Waals surface area contributed by atoms with E-state index in [0.717, 1.165) is 5.39 Å². The summed E-state index contributed by atoms with van der Waals surface area (Å²) >= 11 is 0. The maximum Gasteiger partial charge on any atom is 0.224 e. The van der Waals surface area contributed by atoms with Crippen LogP contribution in [0.1, 0.15) is 13.3 Å². The Hall–Kier alpha value is -1.88. The number of carbonyl (C=O) groups excluding carboxylic acids is 1. The quantitative estimate of drug-likeness (QED) is 0.938. The number of carbonyl (C=O) groups is 1. The molecular weight excluding hydrogens is 262 g/mol. The van der Waals surface area contributed by atoms with E-state index in [1.54, 1.807) is 43.3 Å². The molecule has 2 aromatic rings. The summed E-state index contributed by atoms with van der Waals surface area (Å²) in [6.07, 6.45) is 1.56. The number of hydrogen-bond acceptors (Lipinski definition) is 3. The summed E-state index contributed by atoms with van der Waals surface area (Å²) in [6, 6.07) is 10.3. The number of sulfone groups is 1. The van der Waals surface area contributed by atoms with Gasteiger partial charge in [0.2, 0.25) is 5.91 Å². The lowest BCUT2D eigenvalue weighted by Gasteiger charge is -2.10. The molecular formula is C14H15NO3S. The van der Waals surface area contributed by atoms with Gasteiger partial charge in [-0.15, -0.1) is 0 Å². The van der Waals surface area contributed by atoms with Crippen LogP contribution in [0.2, 0.25) is 0 Å². The van der Waals surface area contributed by atoms with Gasteiger partial charge in [0.1, 0.15) is 0 Å². The summed E-state index contributed by atoms with van der Waals surface area (Å²) < 4.78 is 23.5. The lowest BCUT2D eigenvalue weighted by molar-refractivity contribution is -0.115. The van der Waals surface area contributed by atoms with Gasteiger partial charge in [0, 0.05) is 29.1 Å². The highest BCUT2D eigenvalue weighted by molar-refractivity contribution is 7.91. The standard InChI is InChI=1S/C14H15NO3S/c1-3-14(16)15-12-8-4-7-11-10(12)6-5-9-13(11)19(2,17)18/h4-9H,3H2,1-2H3,(H,15,16). The van der Waals surface area contributed by atoms with Crippen LogP contribution in [0.25, 0.3) is 10.8 Å². The number of rotatable bonds is 3. The molecule has 0 spiro atoms. The predicted molar refractivity (Wildman–Crippen MR) is 76.0 cm³/mol. The first-order valence-electron chi connectivity index (χ1n) is 5.95. The van der Waals surface area contributed by atoms with Crippen LogP contribution in [0.4, 0.5) is 5.69 Å². The van der Waals surface area contributed by atoms with Gasteiger partial charge in [-0.1, -0.05) is 31.2 Å². The molecule has 0 aliphatic carbocycles. The average molecular weight is 277 g/mol. The highest BCUT2D eigenvalue weighted by Gasteiger charge is 2.13. The Labute approximate surface area is 112 Å². The Bertz CT molecular complexity index is 735. The number of hydrogen-bond donors (Lipinski definition) is 1. The van der Waals surface area contributed by atoms with Crippen molar-refractivity contribution in [1.82, 2.24) is 0 Å². The summed E-state index contributed by atoms with van der Waals surface area (Å²) in [5, 5.41) is 4.13. The predicted octanol–water partition coefficient (Wildman–Crippen LogP) is 2.59. The van der Waals surface area contributed by atoms with Gasteiger partial charge in [-0.25, -0.2) is 8.42 Å². The molecule has 0 saturated carbocycles. The molecule has 19 heavy (non-hydrogen) atoms. The van der Waals surface area contributed by atoms with Crippen molar-refractivity contribution >= 4 is 32.2 Å². The zero-order valence-corrected chi connectivity index (χ0v) is 11.6. The number of nitrogens with one attached hydrogen (secondary N) is 1. The monoisotopic (exact) mass is 277 g/mol. The van der Waals surface area contributed by atoms with Gasteiger partial charge >= 0.3 is 0 Å². The van der Waals surface area contributed by atoms with E-state index in [1.165, 1.54) is 6.26 Å². The third-order valence-corrected chi connectivity index (χ3v) is 4.03. The molecule has 0 aromatic heterocycles. The zero-order chi connectivity index (χ0) is 14.0. The minimum absolute atomic E-state index is 0.0998. The number of fused-ring (bicyclic) bond motifs is 1. The van der Waals surface area contributed by atoms with Crippen LogP contribution in [0.3, 0.4) is 0 Å². The van der Waals surface area contributed by atoms with Crippen LogP contribution in [0, 0.1) is 0 Å². The average Bonchev–Trinajstić information content (AvgIpc) is 2.37. The maximum absolute atomic E-state index is 11.7. The number of anilines is 1.